The molecular formula is C14H18FN5OS. The summed E-state index contributed by atoms with van der Waals surface area (Å²) in [6.45, 7) is 1.47. The minimum atomic E-state index is -0.849. The van der Waals surface area contributed by atoms with E-state index in [1.54, 1.807) is 21.8 Å². The Labute approximate surface area is 132 Å². The van der Waals surface area contributed by atoms with Gasteiger partial charge in [0.2, 0.25) is 0 Å². The first kappa shape index (κ1) is 15.1. The highest BCUT2D eigenvalue weighted by atomic mass is 32.1. The topological polar surface area (TPSA) is 63.0 Å². The van der Waals surface area contributed by atoms with Crippen LogP contribution in [0.4, 0.5) is 4.39 Å². The molecule has 1 amide bonds. The second-order valence-corrected chi connectivity index (χ2v) is 6.24. The van der Waals surface area contributed by atoms with Crippen LogP contribution in [0.3, 0.4) is 0 Å². The van der Waals surface area contributed by atoms with Crippen molar-refractivity contribution < 1.29 is 9.18 Å². The third-order valence-corrected chi connectivity index (χ3v) is 4.37. The van der Waals surface area contributed by atoms with Crippen LogP contribution < -0.4 is 5.32 Å². The molecule has 22 heavy (non-hydrogen) atoms. The summed E-state index contributed by atoms with van der Waals surface area (Å²) in [5.74, 6) is -0.204. The zero-order valence-corrected chi connectivity index (χ0v) is 13.1. The number of hydrogen-bond donors (Lipinski definition) is 1. The molecule has 0 aliphatic carbocycles. The van der Waals surface area contributed by atoms with Crippen LogP contribution in [0.1, 0.15) is 22.5 Å². The zero-order chi connectivity index (χ0) is 15.5. The summed E-state index contributed by atoms with van der Waals surface area (Å²) in [5.41, 5.74) is 3.09. The van der Waals surface area contributed by atoms with Crippen molar-refractivity contribution in [2.45, 2.75) is 25.2 Å². The maximum Gasteiger partial charge on any atom is 0.270 e. The first-order valence-electron chi connectivity index (χ1n) is 7.14. The van der Waals surface area contributed by atoms with Gasteiger partial charge in [0.05, 0.1) is 11.7 Å². The van der Waals surface area contributed by atoms with Gasteiger partial charge in [0, 0.05) is 49.9 Å². The molecule has 0 saturated carbocycles. The first-order chi connectivity index (χ1) is 10.6. The van der Waals surface area contributed by atoms with E-state index in [4.69, 9.17) is 0 Å². The number of aryl methyl sites for hydroxylation is 1. The summed E-state index contributed by atoms with van der Waals surface area (Å²) in [4.78, 5) is 18.0. The molecule has 8 heteroatoms. The van der Waals surface area contributed by atoms with E-state index in [1.165, 1.54) is 11.3 Å². The Kier molecular flexibility index (Phi) is 4.49. The summed E-state index contributed by atoms with van der Waals surface area (Å²) in [6.07, 6.45) is 3.31. The lowest BCUT2D eigenvalue weighted by Gasteiger charge is -2.23. The lowest BCUT2D eigenvalue weighted by Crippen LogP contribution is -2.39. The van der Waals surface area contributed by atoms with Gasteiger partial charge < -0.3 is 5.32 Å². The average Bonchev–Trinajstić information content (AvgIpc) is 3.19. The number of rotatable bonds is 5. The number of likely N-dealkylation sites (tertiary alicyclic amines) is 1. The van der Waals surface area contributed by atoms with E-state index in [2.05, 4.69) is 20.3 Å². The van der Waals surface area contributed by atoms with Crippen molar-refractivity contribution in [1.29, 1.82) is 0 Å². The molecule has 1 saturated heterocycles. The Morgan fingerprint density at radius 1 is 1.59 bits per heavy atom. The van der Waals surface area contributed by atoms with Gasteiger partial charge in [-0.1, -0.05) is 0 Å². The summed E-state index contributed by atoms with van der Waals surface area (Å²) in [5, 5.41) is 8.68. The standard InChI is InChI=1S/C14H18FN5OS/c1-19-5-10(3-18-19)6-20-7-11(15)2-12(20)4-16-14(21)13-8-22-9-17-13/h3,5,8-9,11-12H,2,4,6-7H2,1H3,(H,16,21)/t11-,12-/m0/s1. The number of halogens is 1. The SMILES string of the molecule is Cn1cc(CN2C[C@@H](F)C[C@H]2CNC(=O)c2cscn2)cn1. The van der Waals surface area contributed by atoms with Gasteiger partial charge >= 0.3 is 0 Å². The van der Waals surface area contributed by atoms with Crippen molar-refractivity contribution in [3.05, 3.63) is 34.5 Å². The first-order valence-corrected chi connectivity index (χ1v) is 8.08. The Hall–Kier alpha value is -1.80. The third kappa shape index (κ3) is 3.50. The number of thiazole rings is 1. The van der Waals surface area contributed by atoms with Crippen molar-refractivity contribution in [3.8, 4) is 0 Å². The number of carbonyl (C=O) groups is 1. The Morgan fingerprint density at radius 2 is 2.45 bits per heavy atom. The van der Waals surface area contributed by atoms with Crippen LogP contribution in [0.25, 0.3) is 0 Å². The Balaban J connectivity index is 1.57. The number of nitrogens with one attached hydrogen (secondary N) is 1. The quantitative estimate of drug-likeness (QED) is 0.899. The Bertz CT molecular complexity index is 629. The van der Waals surface area contributed by atoms with Gasteiger partial charge in [0.1, 0.15) is 11.9 Å². The fourth-order valence-corrected chi connectivity index (χ4v) is 3.27. The molecule has 0 aromatic carbocycles. The molecule has 2 aromatic heterocycles. The van der Waals surface area contributed by atoms with E-state index in [1.807, 2.05) is 13.2 Å². The van der Waals surface area contributed by atoms with Gasteiger partial charge in [0.15, 0.2) is 0 Å². The van der Waals surface area contributed by atoms with Crippen LogP contribution in [-0.4, -0.2) is 50.9 Å². The van der Waals surface area contributed by atoms with Crippen molar-refractivity contribution in [3.63, 3.8) is 0 Å². The molecule has 3 rings (SSSR count). The minimum absolute atomic E-state index is 0.00204. The van der Waals surface area contributed by atoms with Crippen LogP contribution in [-0.2, 0) is 13.6 Å². The predicted molar refractivity (Wildman–Crippen MR) is 81.4 cm³/mol. The molecule has 2 aromatic rings. The van der Waals surface area contributed by atoms with Crippen molar-refractivity contribution >= 4 is 17.2 Å². The average molecular weight is 323 g/mol. The molecule has 1 N–H and O–H groups in total. The molecule has 6 nitrogen and oxygen atoms in total. The van der Waals surface area contributed by atoms with Gasteiger partial charge in [-0.25, -0.2) is 9.37 Å². The molecule has 0 unspecified atom stereocenters. The molecule has 1 aliphatic heterocycles. The number of amides is 1. The van der Waals surface area contributed by atoms with Crippen LogP contribution in [0.2, 0.25) is 0 Å². The van der Waals surface area contributed by atoms with E-state index >= 15 is 0 Å². The molecule has 0 spiro atoms. The van der Waals surface area contributed by atoms with Crippen LogP contribution in [0.15, 0.2) is 23.3 Å². The summed E-state index contributed by atoms with van der Waals surface area (Å²) >= 11 is 1.38. The Morgan fingerprint density at radius 3 is 3.14 bits per heavy atom. The molecule has 2 atom stereocenters. The molecule has 0 radical (unpaired) electrons. The number of aromatic nitrogens is 3. The van der Waals surface area contributed by atoms with Gasteiger partial charge in [0.25, 0.3) is 5.91 Å². The normalized spacial score (nSPS) is 22.1. The van der Waals surface area contributed by atoms with Gasteiger partial charge in [-0.05, 0) is 6.42 Å². The highest BCUT2D eigenvalue weighted by molar-refractivity contribution is 7.07. The van der Waals surface area contributed by atoms with Crippen LogP contribution in [0, 0.1) is 0 Å². The zero-order valence-electron chi connectivity index (χ0n) is 12.3. The van der Waals surface area contributed by atoms with Crippen molar-refractivity contribution in [1.82, 2.24) is 25.0 Å². The van der Waals surface area contributed by atoms with E-state index < -0.39 is 6.17 Å². The van der Waals surface area contributed by atoms with Crippen LogP contribution in [0.5, 0.6) is 0 Å². The van der Waals surface area contributed by atoms with E-state index in [0.29, 0.717) is 31.7 Å². The fourth-order valence-electron chi connectivity index (χ4n) is 2.74. The van der Waals surface area contributed by atoms with Gasteiger partial charge in [-0.2, -0.15) is 5.10 Å². The fraction of sp³-hybridized carbons (Fsp3) is 0.500. The second-order valence-electron chi connectivity index (χ2n) is 5.52. The van der Waals surface area contributed by atoms with Gasteiger partial charge in [-0.3, -0.25) is 14.4 Å². The van der Waals surface area contributed by atoms with Crippen molar-refractivity contribution in [2.75, 3.05) is 13.1 Å². The summed E-state index contributed by atoms with van der Waals surface area (Å²) in [7, 11) is 1.86. The number of nitrogens with zero attached hydrogens (tertiary/aromatic N) is 4. The number of alkyl halides is 1. The van der Waals surface area contributed by atoms with Gasteiger partial charge in [-0.15, -0.1) is 11.3 Å². The predicted octanol–water partition coefficient (Wildman–Crippen LogP) is 1.22. The third-order valence-electron chi connectivity index (χ3n) is 3.78. The molecular weight excluding hydrogens is 305 g/mol. The highest BCUT2D eigenvalue weighted by Crippen LogP contribution is 2.22. The minimum Gasteiger partial charge on any atom is -0.349 e. The van der Waals surface area contributed by atoms with Crippen LogP contribution >= 0.6 is 11.3 Å². The monoisotopic (exact) mass is 323 g/mol. The summed E-state index contributed by atoms with van der Waals surface area (Å²) < 4.78 is 15.5. The number of carbonyl (C=O) groups excluding carboxylic acids is 1. The lowest BCUT2D eigenvalue weighted by atomic mass is 10.2. The maximum atomic E-state index is 13.7. The lowest BCUT2D eigenvalue weighted by molar-refractivity contribution is 0.0935. The molecule has 0 bridgehead atoms. The van der Waals surface area contributed by atoms with Crippen molar-refractivity contribution in [2.24, 2.45) is 7.05 Å². The molecule has 1 aliphatic rings. The van der Waals surface area contributed by atoms with E-state index in [0.717, 1.165) is 5.56 Å². The second kappa shape index (κ2) is 6.53. The molecule has 3 heterocycles. The molecule has 1 fully saturated rings. The van der Waals surface area contributed by atoms with E-state index in [-0.39, 0.29) is 11.9 Å². The smallest absolute Gasteiger partial charge is 0.270 e. The largest absolute Gasteiger partial charge is 0.349 e. The molecule has 118 valence electrons. The van der Waals surface area contributed by atoms with E-state index in [9.17, 15) is 9.18 Å². The highest BCUT2D eigenvalue weighted by Gasteiger charge is 2.32. The summed E-state index contributed by atoms with van der Waals surface area (Å²) in [6, 6.07) is -0.00204. The maximum absolute atomic E-state index is 13.7. The number of hydrogen-bond acceptors (Lipinski definition) is 5.